The van der Waals surface area contributed by atoms with Crippen LogP contribution in [0.2, 0.25) is 0 Å². The van der Waals surface area contributed by atoms with Gasteiger partial charge >= 0.3 is 5.91 Å². The molecule has 0 unspecified atom stereocenters. The summed E-state index contributed by atoms with van der Waals surface area (Å²) in [6.45, 7) is 1.81. The van der Waals surface area contributed by atoms with Gasteiger partial charge in [-0.25, -0.2) is 9.98 Å². The minimum absolute atomic E-state index is 0.0183. The summed E-state index contributed by atoms with van der Waals surface area (Å²) in [4.78, 5) is 43.4. The van der Waals surface area contributed by atoms with E-state index in [-0.39, 0.29) is 11.8 Å². The lowest BCUT2D eigenvalue weighted by atomic mass is 10.1. The maximum Gasteiger partial charge on any atom is 0.307 e. The van der Waals surface area contributed by atoms with Crippen LogP contribution in [-0.2, 0) is 26.2 Å². The summed E-state index contributed by atoms with van der Waals surface area (Å²) < 4.78 is 5.54. The lowest BCUT2D eigenvalue weighted by molar-refractivity contribution is 0.0915. The van der Waals surface area contributed by atoms with Gasteiger partial charge in [-0.1, -0.05) is 12.1 Å². The zero-order valence-electron chi connectivity index (χ0n) is 19.3. The molecule has 10 nitrogen and oxygen atoms in total. The number of aliphatic imine (C=N–C) groups is 1. The fraction of sp³-hybridized carbons (Fsp3) is 0.154. The highest BCUT2D eigenvalue weighted by Gasteiger charge is 2.22. The molecule has 4 aromatic rings. The van der Waals surface area contributed by atoms with E-state index in [1.165, 1.54) is 0 Å². The average molecular weight is 482 g/mol. The molecule has 0 atom stereocenters. The predicted octanol–water partition coefficient (Wildman–Crippen LogP) is 3.00. The van der Waals surface area contributed by atoms with Crippen LogP contribution in [0, 0.1) is 0 Å². The van der Waals surface area contributed by atoms with E-state index in [0.29, 0.717) is 43.3 Å². The summed E-state index contributed by atoms with van der Waals surface area (Å²) >= 11 is 0. The first-order valence-corrected chi connectivity index (χ1v) is 11.3. The van der Waals surface area contributed by atoms with Gasteiger partial charge < -0.3 is 20.0 Å². The number of nitrogens with one attached hydrogen (secondary N) is 2. The summed E-state index contributed by atoms with van der Waals surface area (Å²) in [7, 11) is 0. The highest BCUT2D eigenvalue weighted by molar-refractivity contribution is 5.94. The number of carbonyl (C=O) groups excluding carboxylic acids is 2. The molecule has 4 heterocycles. The molecule has 5 rings (SSSR count). The summed E-state index contributed by atoms with van der Waals surface area (Å²) in [5.41, 5.74) is 4.10. The van der Waals surface area contributed by atoms with E-state index in [0.717, 1.165) is 16.7 Å². The number of benzene rings is 1. The number of rotatable bonds is 8. The summed E-state index contributed by atoms with van der Waals surface area (Å²) in [5.74, 6) is -0.225. The molecule has 0 radical (unpaired) electrons. The molecule has 2 N–H and O–H groups in total. The molecule has 0 aliphatic carbocycles. The van der Waals surface area contributed by atoms with Crippen molar-refractivity contribution in [2.45, 2.75) is 26.2 Å². The van der Waals surface area contributed by atoms with Gasteiger partial charge in [-0.2, -0.15) is 0 Å². The first-order valence-electron chi connectivity index (χ1n) is 11.3. The molecule has 3 aromatic heterocycles. The monoisotopic (exact) mass is 481 g/mol. The van der Waals surface area contributed by atoms with Crippen molar-refractivity contribution < 1.29 is 14.0 Å². The topological polar surface area (TPSA) is 126 Å². The Bertz CT molecular complexity index is 1370. The number of aromatic nitrogens is 3. The second kappa shape index (κ2) is 10.6. The van der Waals surface area contributed by atoms with Crippen LogP contribution in [0.5, 0.6) is 0 Å². The third-order valence-electron chi connectivity index (χ3n) is 5.57. The second-order valence-electron chi connectivity index (χ2n) is 8.19. The Balaban J connectivity index is 1.14. The van der Waals surface area contributed by atoms with Crippen LogP contribution in [0.4, 0.5) is 5.88 Å². The number of oxazole rings is 1. The van der Waals surface area contributed by atoms with E-state index >= 15 is 0 Å². The lowest BCUT2D eigenvalue weighted by Gasteiger charge is -2.21. The number of hydrogen-bond acceptors (Lipinski definition) is 8. The highest BCUT2D eigenvalue weighted by atomic mass is 16.4. The molecule has 1 aliphatic heterocycles. The van der Waals surface area contributed by atoms with E-state index in [1.807, 2.05) is 41.3 Å². The van der Waals surface area contributed by atoms with Crippen LogP contribution >= 0.6 is 0 Å². The average Bonchev–Trinajstić information content (AvgIpc) is 3.36. The number of hydrogen-bond donors (Lipinski definition) is 2. The number of carbonyl (C=O) groups is 2. The molecule has 2 amide bonds. The molecule has 10 heteroatoms. The van der Waals surface area contributed by atoms with Gasteiger partial charge in [0.1, 0.15) is 5.69 Å². The van der Waals surface area contributed by atoms with E-state index in [2.05, 4.69) is 30.6 Å². The Morgan fingerprint density at radius 1 is 0.806 bits per heavy atom. The first-order chi connectivity index (χ1) is 17.6. The SMILES string of the molecule is O=C(NCc1ccncc1)c1ccc(CN2C=Nc3oc(C(=O)NCc4ccncc4)nc3C2)cc1. The molecule has 0 spiro atoms. The number of nitrogens with zero attached hydrogens (tertiary/aromatic N) is 5. The predicted molar refractivity (Wildman–Crippen MR) is 131 cm³/mol. The molecule has 0 bridgehead atoms. The molecular formula is C26H23N7O3. The normalized spacial score (nSPS) is 12.2. The molecule has 36 heavy (non-hydrogen) atoms. The van der Waals surface area contributed by atoms with Gasteiger partial charge in [0.25, 0.3) is 11.8 Å². The van der Waals surface area contributed by atoms with E-state index in [9.17, 15) is 9.59 Å². The van der Waals surface area contributed by atoms with Gasteiger partial charge in [-0.15, -0.1) is 0 Å². The molecule has 180 valence electrons. The van der Waals surface area contributed by atoms with Crippen molar-refractivity contribution in [3.8, 4) is 0 Å². The molecular weight excluding hydrogens is 458 g/mol. The van der Waals surface area contributed by atoms with Crippen molar-refractivity contribution in [2.24, 2.45) is 4.99 Å². The van der Waals surface area contributed by atoms with Crippen LogP contribution in [0.15, 0.2) is 82.7 Å². The molecule has 0 fully saturated rings. The summed E-state index contributed by atoms with van der Waals surface area (Å²) in [6, 6.07) is 14.8. The third kappa shape index (κ3) is 5.61. The van der Waals surface area contributed by atoms with E-state index in [1.54, 1.807) is 43.3 Å². The van der Waals surface area contributed by atoms with Crippen molar-refractivity contribution in [2.75, 3.05) is 0 Å². The fourth-order valence-electron chi connectivity index (χ4n) is 3.65. The maximum atomic E-state index is 12.4. The van der Waals surface area contributed by atoms with Crippen LogP contribution in [0.1, 0.15) is 43.4 Å². The minimum Gasteiger partial charge on any atom is -0.413 e. The number of fused-ring (bicyclic) bond motifs is 1. The fourth-order valence-corrected chi connectivity index (χ4v) is 3.65. The van der Waals surface area contributed by atoms with Crippen LogP contribution in [0.3, 0.4) is 0 Å². The zero-order chi connectivity index (χ0) is 24.7. The Labute approximate surface area is 207 Å². The summed E-state index contributed by atoms with van der Waals surface area (Å²) in [5, 5.41) is 5.69. The molecule has 1 aromatic carbocycles. The maximum absolute atomic E-state index is 12.4. The Morgan fingerprint density at radius 3 is 2.06 bits per heavy atom. The Hall–Kier alpha value is -4.86. The second-order valence-corrected chi connectivity index (χ2v) is 8.19. The molecule has 0 saturated heterocycles. The largest absolute Gasteiger partial charge is 0.413 e. The van der Waals surface area contributed by atoms with Crippen LogP contribution in [0.25, 0.3) is 0 Å². The highest BCUT2D eigenvalue weighted by Crippen LogP contribution is 2.26. The van der Waals surface area contributed by atoms with Gasteiger partial charge in [0.2, 0.25) is 5.88 Å². The Morgan fingerprint density at radius 2 is 1.42 bits per heavy atom. The summed E-state index contributed by atoms with van der Waals surface area (Å²) in [6.07, 6.45) is 8.40. The van der Waals surface area contributed by atoms with Crippen LogP contribution in [-0.4, -0.2) is 38.0 Å². The Kier molecular flexibility index (Phi) is 6.74. The minimum atomic E-state index is -0.402. The molecule has 1 aliphatic rings. The van der Waals surface area contributed by atoms with Gasteiger partial charge in [-0.05, 0) is 53.1 Å². The van der Waals surface area contributed by atoms with E-state index < -0.39 is 5.91 Å². The smallest absolute Gasteiger partial charge is 0.307 e. The standard InChI is InChI=1S/C26H23N7O3/c34-23(29-13-18-5-9-27-10-6-18)21-3-1-20(2-4-21)15-33-16-22-25(31-17-33)36-26(32-22)24(35)30-14-19-7-11-28-12-8-19/h1-12,17H,13-16H2,(H,29,34)(H,30,35). The first kappa shape index (κ1) is 22.9. The van der Waals surface area contributed by atoms with Crippen LogP contribution < -0.4 is 10.6 Å². The van der Waals surface area contributed by atoms with Crippen molar-refractivity contribution >= 4 is 24.0 Å². The number of amides is 2. The van der Waals surface area contributed by atoms with Crippen molar-refractivity contribution in [1.82, 2.24) is 30.5 Å². The van der Waals surface area contributed by atoms with Gasteiger partial charge in [0.05, 0.1) is 12.9 Å². The van der Waals surface area contributed by atoms with E-state index in [4.69, 9.17) is 4.42 Å². The van der Waals surface area contributed by atoms with Gasteiger partial charge in [-0.3, -0.25) is 19.6 Å². The lowest BCUT2D eigenvalue weighted by Crippen LogP contribution is -2.25. The van der Waals surface area contributed by atoms with Crippen molar-refractivity contribution in [3.05, 3.63) is 107 Å². The molecule has 0 saturated carbocycles. The van der Waals surface area contributed by atoms with Gasteiger partial charge in [0.15, 0.2) is 0 Å². The third-order valence-corrected chi connectivity index (χ3v) is 5.57. The quantitative estimate of drug-likeness (QED) is 0.396. The van der Waals surface area contributed by atoms with Crippen molar-refractivity contribution in [1.29, 1.82) is 0 Å². The van der Waals surface area contributed by atoms with Crippen molar-refractivity contribution in [3.63, 3.8) is 0 Å². The number of pyridine rings is 2. The zero-order valence-corrected chi connectivity index (χ0v) is 19.3. The van der Waals surface area contributed by atoms with Gasteiger partial charge in [0, 0.05) is 50.0 Å².